The first-order valence-corrected chi connectivity index (χ1v) is 5.91. The summed E-state index contributed by atoms with van der Waals surface area (Å²) in [5, 5.41) is 0. The Bertz CT molecular complexity index is 191. The number of ketones is 1. The third kappa shape index (κ3) is 7.55. The van der Waals surface area contributed by atoms with Crippen molar-refractivity contribution in [1.29, 1.82) is 0 Å². The molecule has 0 amide bonds. The topological polar surface area (TPSA) is 20.3 Å². The predicted octanol–water partition coefficient (Wildman–Crippen LogP) is 3.11. The normalized spacial score (nSPS) is 14.3. The number of hydrogen-bond acceptors (Lipinski definition) is 2. The first kappa shape index (κ1) is 14.6. The number of Topliss-reactive ketones (excluding diaryl/α,β-unsaturated/α-hetero) is 1. The Morgan fingerprint density at radius 1 is 1.20 bits per heavy atom. The molecular weight excluding hydrogens is 186 g/mol. The molecule has 1 unspecified atom stereocenters. The fourth-order valence-electron chi connectivity index (χ4n) is 1.82. The van der Waals surface area contributed by atoms with E-state index in [-0.39, 0.29) is 11.8 Å². The zero-order valence-corrected chi connectivity index (χ0v) is 11.3. The second-order valence-corrected chi connectivity index (χ2v) is 5.90. The van der Waals surface area contributed by atoms with Gasteiger partial charge in [-0.25, -0.2) is 0 Å². The van der Waals surface area contributed by atoms with Crippen molar-refractivity contribution in [2.75, 3.05) is 14.1 Å². The van der Waals surface area contributed by atoms with E-state index in [1.54, 1.807) is 6.92 Å². The molecular formula is C13H27NO. The van der Waals surface area contributed by atoms with Crippen molar-refractivity contribution in [3.05, 3.63) is 0 Å². The Kier molecular flexibility index (Phi) is 6.11. The van der Waals surface area contributed by atoms with Gasteiger partial charge in [0.05, 0.1) is 6.04 Å². The third-order valence-electron chi connectivity index (χ3n) is 2.75. The van der Waals surface area contributed by atoms with Gasteiger partial charge in [0.25, 0.3) is 0 Å². The van der Waals surface area contributed by atoms with Crippen LogP contribution in [0.1, 0.15) is 53.4 Å². The molecule has 0 aliphatic carbocycles. The number of carbonyl (C=O) groups is 1. The highest BCUT2D eigenvalue weighted by atomic mass is 16.1. The maximum Gasteiger partial charge on any atom is 0.146 e. The van der Waals surface area contributed by atoms with Crippen LogP contribution in [0, 0.1) is 5.41 Å². The Hall–Kier alpha value is -0.370. The highest BCUT2D eigenvalue weighted by Crippen LogP contribution is 2.22. The number of hydrogen-bond donors (Lipinski definition) is 0. The van der Waals surface area contributed by atoms with E-state index in [1.807, 2.05) is 19.0 Å². The van der Waals surface area contributed by atoms with Gasteiger partial charge in [0.15, 0.2) is 0 Å². The Labute approximate surface area is 95.0 Å². The predicted molar refractivity (Wildman–Crippen MR) is 66.1 cm³/mol. The average Bonchev–Trinajstić information content (AvgIpc) is 2.00. The lowest BCUT2D eigenvalue weighted by molar-refractivity contribution is -0.121. The summed E-state index contributed by atoms with van der Waals surface area (Å²) in [7, 11) is 3.96. The SMILES string of the molecule is CC(=O)C(CCCCC(C)(C)C)N(C)C. The molecule has 0 saturated heterocycles. The molecule has 0 saturated carbocycles. The molecule has 0 aliphatic rings. The number of rotatable bonds is 6. The summed E-state index contributed by atoms with van der Waals surface area (Å²) < 4.78 is 0. The van der Waals surface area contributed by atoms with Gasteiger partial charge in [0, 0.05) is 0 Å². The summed E-state index contributed by atoms with van der Waals surface area (Å²) >= 11 is 0. The molecule has 0 bridgehead atoms. The number of carbonyl (C=O) groups excluding carboxylic acids is 1. The molecule has 0 aromatic heterocycles. The minimum atomic E-state index is 0.116. The average molecular weight is 213 g/mol. The van der Waals surface area contributed by atoms with Gasteiger partial charge < -0.3 is 0 Å². The van der Waals surface area contributed by atoms with E-state index in [1.165, 1.54) is 12.8 Å². The molecule has 0 heterocycles. The van der Waals surface area contributed by atoms with E-state index in [4.69, 9.17) is 0 Å². The first-order valence-electron chi connectivity index (χ1n) is 5.91. The fraction of sp³-hybridized carbons (Fsp3) is 0.923. The van der Waals surface area contributed by atoms with Crippen LogP contribution in [-0.2, 0) is 4.79 Å². The second kappa shape index (κ2) is 6.26. The van der Waals surface area contributed by atoms with Gasteiger partial charge in [-0.1, -0.05) is 33.6 Å². The van der Waals surface area contributed by atoms with E-state index in [9.17, 15) is 4.79 Å². The molecule has 0 aromatic rings. The van der Waals surface area contributed by atoms with Gasteiger partial charge in [0.1, 0.15) is 5.78 Å². The summed E-state index contributed by atoms with van der Waals surface area (Å²) in [6.07, 6.45) is 4.62. The summed E-state index contributed by atoms with van der Waals surface area (Å²) in [5.41, 5.74) is 0.420. The fourth-order valence-corrected chi connectivity index (χ4v) is 1.82. The Morgan fingerprint density at radius 3 is 2.07 bits per heavy atom. The second-order valence-electron chi connectivity index (χ2n) is 5.90. The van der Waals surface area contributed by atoms with E-state index in [0.717, 1.165) is 12.8 Å². The summed E-state index contributed by atoms with van der Waals surface area (Å²) in [4.78, 5) is 13.4. The van der Waals surface area contributed by atoms with Crippen molar-refractivity contribution in [1.82, 2.24) is 4.90 Å². The Balaban J connectivity index is 3.78. The van der Waals surface area contributed by atoms with Crippen LogP contribution in [0.15, 0.2) is 0 Å². The molecule has 1 atom stereocenters. The van der Waals surface area contributed by atoms with Gasteiger partial charge in [-0.2, -0.15) is 0 Å². The minimum absolute atomic E-state index is 0.116. The molecule has 15 heavy (non-hydrogen) atoms. The standard InChI is InChI=1S/C13H27NO/c1-11(15)12(14(5)6)9-7-8-10-13(2,3)4/h12H,7-10H2,1-6H3. The molecule has 2 nitrogen and oxygen atoms in total. The van der Waals surface area contributed by atoms with Crippen LogP contribution in [0.3, 0.4) is 0 Å². The van der Waals surface area contributed by atoms with Gasteiger partial charge in [-0.3, -0.25) is 9.69 Å². The minimum Gasteiger partial charge on any atom is -0.300 e. The first-order chi connectivity index (χ1) is 6.74. The van der Waals surface area contributed by atoms with Crippen LogP contribution in [-0.4, -0.2) is 30.8 Å². The van der Waals surface area contributed by atoms with Crippen LogP contribution in [0.5, 0.6) is 0 Å². The maximum atomic E-state index is 11.3. The highest BCUT2D eigenvalue weighted by molar-refractivity contribution is 5.81. The molecule has 90 valence electrons. The van der Waals surface area contributed by atoms with Crippen LogP contribution >= 0.6 is 0 Å². The largest absolute Gasteiger partial charge is 0.300 e. The van der Waals surface area contributed by atoms with E-state index in [0.29, 0.717) is 5.41 Å². The highest BCUT2D eigenvalue weighted by Gasteiger charge is 2.16. The molecule has 0 spiro atoms. The molecule has 0 radical (unpaired) electrons. The van der Waals surface area contributed by atoms with Crippen molar-refractivity contribution < 1.29 is 4.79 Å². The monoisotopic (exact) mass is 213 g/mol. The molecule has 0 fully saturated rings. The lowest BCUT2D eigenvalue weighted by Gasteiger charge is -2.22. The lowest BCUT2D eigenvalue weighted by atomic mass is 9.89. The molecule has 0 N–H and O–H groups in total. The third-order valence-corrected chi connectivity index (χ3v) is 2.75. The van der Waals surface area contributed by atoms with Crippen LogP contribution in [0.25, 0.3) is 0 Å². The van der Waals surface area contributed by atoms with E-state index >= 15 is 0 Å². The van der Waals surface area contributed by atoms with Crippen molar-refractivity contribution in [3.8, 4) is 0 Å². The van der Waals surface area contributed by atoms with Crippen molar-refractivity contribution in [2.45, 2.75) is 59.4 Å². The van der Waals surface area contributed by atoms with Crippen molar-refractivity contribution >= 4 is 5.78 Å². The van der Waals surface area contributed by atoms with Crippen molar-refractivity contribution in [3.63, 3.8) is 0 Å². The summed E-state index contributed by atoms with van der Waals surface area (Å²) in [5.74, 6) is 0.288. The summed E-state index contributed by atoms with van der Waals surface area (Å²) in [6.45, 7) is 8.48. The van der Waals surface area contributed by atoms with E-state index in [2.05, 4.69) is 20.8 Å². The molecule has 0 aromatic carbocycles. The van der Waals surface area contributed by atoms with Gasteiger partial charge in [-0.05, 0) is 39.3 Å². The zero-order chi connectivity index (χ0) is 12.1. The van der Waals surface area contributed by atoms with Crippen LogP contribution < -0.4 is 0 Å². The number of unbranched alkanes of at least 4 members (excludes halogenated alkanes) is 1. The maximum absolute atomic E-state index is 11.3. The van der Waals surface area contributed by atoms with Crippen LogP contribution in [0.4, 0.5) is 0 Å². The quantitative estimate of drug-likeness (QED) is 0.632. The van der Waals surface area contributed by atoms with Gasteiger partial charge in [-0.15, -0.1) is 0 Å². The van der Waals surface area contributed by atoms with Gasteiger partial charge in [0.2, 0.25) is 0 Å². The zero-order valence-electron chi connectivity index (χ0n) is 11.3. The van der Waals surface area contributed by atoms with E-state index < -0.39 is 0 Å². The number of nitrogens with zero attached hydrogens (tertiary/aromatic N) is 1. The molecule has 2 heteroatoms. The Morgan fingerprint density at radius 2 is 1.73 bits per heavy atom. The number of likely N-dealkylation sites (N-methyl/N-ethyl adjacent to an activating group) is 1. The van der Waals surface area contributed by atoms with Gasteiger partial charge >= 0.3 is 0 Å². The smallest absolute Gasteiger partial charge is 0.146 e. The van der Waals surface area contributed by atoms with Crippen molar-refractivity contribution in [2.24, 2.45) is 5.41 Å². The molecule has 0 aliphatic heterocycles. The lowest BCUT2D eigenvalue weighted by Crippen LogP contribution is -2.34. The molecule has 0 rings (SSSR count). The van der Waals surface area contributed by atoms with Crippen LogP contribution in [0.2, 0.25) is 0 Å². The summed E-state index contributed by atoms with van der Waals surface area (Å²) in [6, 6.07) is 0.116.